The molecule has 1 saturated heterocycles. The number of ether oxygens (including phenoxy) is 1. The van der Waals surface area contributed by atoms with Crippen LogP contribution in [0.15, 0.2) is 0 Å². The Balaban J connectivity index is 1.95. The summed E-state index contributed by atoms with van der Waals surface area (Å²) in [6.45, 7) is 3.28. The molecule has 2 fully saturated rings. The smallest absolute Gasteiger partial charge is 0.0685 e. The highest BCUT2D eigenvalue weighted by Gasteiger charge is 2.40. The Morgan fingerprint density at radius 2 is 2.06 bits per heavy atom. The molecule has 0 aromatic heterocycles. The minimum atomic E-state index is 0.268. The normalized spacial score (nSPS) is 30.4. The largest absolute Gasteiger partial charge is 0.375 e. The van der Waals surface area contributed by atoms with E-state index >= 15 is 0 Å². The average Bonchev–Trinajstić information content (AvgIpc) is 2.37. The van der Waals surface area contributed by atoms with Crippen molar-refractivity contribution in [1.29, 1.82) is 0 Å². The summed E-state index contributed by atoms with van der Waals surface area (Å²) in [6, 6.07) is 0.711. The second-order valence-electron chi connectivity index (χ2n) is 6.03. The molecule has 1 N–H and O–H groups in total. The summed E-state index contributed by atoms with van der Waals surface area (Å²) in [5, 5.41) is 3.54. The maximum absolute atomic E-state index is 6.18. The molecule has 0 bridgehead atoms. The molecule has 0 amide bonds. The first-order chi connectivity index (χ1) is 8.29. The van der Waals surface area contributed by atoms with E-state index in [-0.39, 0.29) is 5.60 Å². The predicted molar refractivity (Wildman–Crippen MR) is 72.2 cm³/mol. The van der Waals surface area contributed by atoms with Crippen LogP contribution in [0.1, 0.15) is 64.7 Å². The Kier molecular flexibility index (Phi) is 4.87. The number of nitrogens with one attached hydrogen (secondary N) is 1. The summed E-state index contributed by atoms with van der Waals surface area (Å²) in [5.74, 6) is 0.840. The third-order valence-electron chi connectivity index (χ3n) is 4.84. The van der Waals surface area contributed by atoms with Crippen molar-refractivity contribution in [3.8, 4) is 0 Å². The fourth-order valence-corrected chi connectivity index (χ4v) is 3.88. The SMILES string of the molecule is CCCC(NC)C1CCOC2(CCCCC2)C1. The molecule has 0 aromatic rings. The molecule has 2 heteroatoms. The lowest BCUT2D eigenvalue weighted by Gasteiger charge is -2.45. The lowest BCUT2D eigenvalue weighted by Crippen LogP contribution is -2.47. The Labute approximate surface area is 107 Å². The van der Waals surface area contributed by atoms with Gasteiger partial charge in [-0.3, -0.25) is 0 Å². The van der Waals surface area contributed by atoms with Crippen LogP contribution in [0.3, 0.4) is 0 Å². The van der Waals surface area contributed by atoms with Crippen molar-refractivity contribution in [2.24, 2.45) is 5.92 Å². The number of hydrogen-bond acceptors (Lipinski definition) is 2. The van der Waals surface area contributed by atoms with Gasteiger partial charge < -0.3 is 10.1 Å². The van der Waals surface area contributed by atoms with E-state index < -0.39 is 0 Å². The molecule has 1 saturated carbocycles. The van der Waals surface area contributed by atoms with E-state index in [0.717, 1.165) is 12.5 Å². The number of rotatable bonds is 4. The van der Waals surface area contributed by atoms with E-state index in [0.29, 0.717) is 6.04 Å². The molecule has 1 aliphatic carbocycles. The Morgan fingerprint density at radius 3 is 2.71 bits per heavy atom. The van der Waals surface area contributed by atoms with E-state index in [9.17, 15) is 0 Å². The molecule has 17 heavy (non-hydrogen) atoms. The van der Waals surface area contributed by atoms with Gasteiger partial charge in [-0.25, -0.2) is 0 Å². The van der Waals surface area contributed by atoms with Crippen LogP contribution in [-0.2, 0) is 4.74 Å². The van der Waals surface area contributed by atoms with Crippen LogP contribution in [0.2, 0.25) is 0 Å². The summed E-state index contributed by atoms with van der Waals surface area (Å²) in [4.78, 5) is 0. The van der Waals surface area contributed by atoms with Gasteiger partial charge in [-0.05, 0) is 45.1 Å². The van der Waals surface area contributed by atoms with Crippen LogP contribution < -0.4 is 5.32 Å². The first kappa shape index (κ1) is 13.4. The molecule has 100 valence electrons. The predicted octanol–water partition coefficient (Wildman–Crippen LogP) is 3.50. The van der Waals surface area contributed by atoms with Gasteiger partial charge in [-0.1, -0.05) is 32.6 Å². The van der Waals surface area contributed by atoms with Gasteiger partial charge in [-0.2, -0.15) is 0 Å². The summed E-state index contributed by atoms with van der Waals surface area (Å²) >= 11 is 0. The van der Waals surface area contributed by atoms with Crippen molar-refractivity contribution in [3.63, 3.8) is 0 Å². The lowest BCUT2D eigenvalue weighted by atomic mass is 9.73. The van der Waals surface area contributed by atoms with Crippen molar-refractivity contribution in [2.75, 3.05) is 13.7 Å². The topological polar surface area (TPSA) is 21.3 Å². The van der Waals surface area contributed by atoms with Crippen LogP contribution in [0.25, 0.3) is 0 Å². The summed E-state index contributed by atoms with van der Waals surface area (Å²) in [5.41, 5.74) is 0.268. The van der Waals surface area contributed by atoms with Gasteiger partial charge in [0.25, 0.3) is 0 Å². The molecular formula is C15H29NO. The van der Waals surface area contributed by atoms with Crippen molar-refractivity contribution in [3.05, 3.63) is 0 Å². The molecule has 0 aromatic carbocycles. The van der Waals surface area contributed by atoms with Crippen LogP contribution in [0, 0.1) is 5.92 Å². The Morgan fingerprint density at radius 1 is 1.29 bits per heavy atom. The Hall–Kier alpha value is -0.0800. The van der Waals surface area contributed by atoms with Gasteiger partial charge in [0.1, 0.15) is 0 Å². The highest BCUT2D eigenvalue weighted by atomic mass is 16.5. The zero-order valence-corrected chi connectivity index (χ0v) is 11.6. The monoisotopic (exact) mass is 239 g/mol. The van der Waals surface area contributed by atoms with E-state index in [4.69, 9.17) is 4.74 Å². The van der Waals surface area contributed by atoms with Gasteiger partial charge in [0.2, 0.25) is 0 Å². The molecule has 2 rings (SSSR count). The van der Waals surface area contributed by atoms with E-state index in [1.165, 1.54) is 57.8 Å². The third kappa shape index (κ3) is 3.23. The van der Waals surface area contributed by atoms with Crippen LogP contribution in [-0.4, -0.2) is 25.3 Å². The van der Waals surface area contributed by atoms with Crippen LogP contribution >= 0.6 is 0 Å². The second-order valence-corrected chi connectivity index (χ2v) is 6.03. The summed E-state index contributed by atoms with van der Waals surface area (Å²) in [7, 11) is 2.13. The fraction of sp³-hybridized carbons (Fsp3) is 1.00. The van der Waals surface area contributed by atoms with Gasteiger partial charge >= 0.3 is 0 Å². The third-order valence-corrected chi connectivity index (χ3v) is 4.84. The molecule has 0 radical (unpaired) electrons. The maximum atomic E-state index is 6.18. The van der Waals surface area contributed by atoms with Crippen molar-refractivity contribution in [2.45, 2.75) is 76.4 Å². The van der Waals surface area contributed by atoms with Crippen LogP contribution in [0.5, 0.6) is 0 Å². The minimum Gasteiger partial charge on any atom is -0.375 e. The first-order valence-electron chi connectivity index (χ1n) is 7.61. The summed E-state index contributed by atoms with van der Waals surface area (Å²) < 4.78 is 6.18. The summed E-state index contributed by atoms with van der Waals surface area (Å²) in [6.07, 6.45) is 12.0. The minimum absolute atomic E-state index is 0.268. The van der Waals surface area contributed by atoms with Gasteiger partial charge in [0.05, 0.1) is 5.60 Å². The first-order valence-corrected chi connectivity index (χ1v) is 7.61. The van der Waals surface area contributed by atoms with Crippen LogP contribution in [0.4, 0.5) is 0 Å². The zero-order chi connectivity index (χ0) is 12.1. The zero-order valence-electron chi connectivity index (χ0n) is 11.6. The molecular weight excluding hydrogens is 210 g/mol. The fourth-order valence-electron chi connectivity index (χ4n) is 3.88. The van der Waals surface area contributed by atoms with E-state index in [1.54, 1.807) is 0 Å². The van der Waals surface area contributed by atoms with Gasteiger partial charge in [0, 0.05) is 12.6 Å². The van der Waals surface area contributed by atoms with Gasteiger partial charge in [0.15, 0.2) is 0 Å². The van der Waals surface area contributed by atoms with Gasteiger partial charge in [-0.15, -0.1) is 0 Å². The molecule has 1 heterocycles. The van der Waals surface area contributed by atoms with E-state index in [1.807, 2.05) is 0 Å². The number of hydrogen-bond donors (Lipinski definition) is 1. The Bertz CT molecular complexity index is 217. The van der Waals surface area contributed by atoms with E-state index in [2.05, 4.69) is 19.3 Å². The molecule has 2 atom stereocenters. The quantitative estimate of drug-likeness (QED) is 0.810. The highest BCUT2D eigenvalue weighted by Crippen LogP contribution is 2.41. The highest BCUT2D eigenvalue weighted by molar-refractivity contribution is 4.92. The molecule has 2 unspecified atom stereocenters. The van der Waals surface area contributed by atoms with Crippen molar-refractivity contribution < 1.29 is 4.74 Å². The van der Waals surface area contributed by atoms with Crippen molar-refractivity contribution >= 4 is 0 Å². The lowest BCUT2D eigenvalue weighted by molar-refractivity contribution is -0.121. The maximum Gasteiger partial charge on any atom is 0.0685 e. The molecule has 1 spiro atoms. The average molecular weight is 239 g/mol. The molecule has 1 aliphatic heterocycles. The molecule has 2 nitrogen and oxygen atoms in total. The second kappa shape index (κ2) is 6.19. The molecule has 2 aliphatic rings. The standard InChI is InChI=1S/C15H29NO/c1-3-7-14(16-2)13-8-11-17-15(12-13)9-5-4-6-10-15/h13-14,16H,3-12H2,1-2H3. The van der Waals surface area contributed by atoms with Crippen molar-refractivity contribution in [1.82, 2.24) is 5.32 Å².